The van der Waals surface area contributed by atoms with Gasteiger partial charge in [0.1, 0.15) is 23.4 Å². The molecule has 0 aliphatic carbocycles. The summed E-state index contributed by atoms with van der Waals surface area (Å²) in [5.74, 6) is -2.24. The molecule has 2 rings (SSSR count). The zero-order valence-electron chi connectivity index (χ0n) is 13.9. The van der Waals surface area contributed by atoms with Crippen molar-refractivity contribution in [1.82, 2.24) is 4.72 Å². The smallest absolute Gasteiger partial charge is 0.321 e. The largest absolute Gasteiger partial charge is 0.452 e. The van der Waals surface area contributed by atoms with E-state index in [4.69, 9.17) is 10.00 Å². The molecule has 0 saturated heterocycles. The number of thiophene rings is 1. The van der Waals surface area contributed by atoms with E-state index < -0.39 is 40.4 Å². The molecule has 1 aromatic carbocycles. The Morgan fingerprint density at radius 3 is 2.59 bits per heavy atom. The van der Waals surface area contributed by atoms with Crippen LogP contribution in [-0.2, 0) is 24.3 Å². The van der Waals surface area contributed by atoms with Gasteiger partial charge in [-0.25, -0.2) is 12.8 Å². The van der Waals surface area contributed by atoms with Crippen molar-refractivity contribution in [1.29, 1.82) is 5.26 Å². The number of benzene rings is 1. The fraction of sp³-hybridized carbons (Fsp3) is 0.188. The summed E-state index contributed by atoms with van der Waals surface area (Å²) < 4.78 is 43.7. The number of amides is 1. The summed E-state index contributed by atoms with van der Waals surface area (Å²) in [6.07, 6.45) is -1.21. The molecule has 1 heterocycles. The molecule has 0 aliphatic heterocycles. The van der Waals surface area contributed by atoms with E-state index in [9.17, 15) is 22.4 Å². The van der Waals surface area contributed by atoms with Crippen molar-refractivity contribution in [3.63, 3.8) is 0 Å². The van der Waals surface area contributed by atoms with Crippen molar-refractivity contribution >= 4 is 38.2 Å². The summed E-state index contributed by atoms with van der Waals surface area (Å²) in [5, 5.41) is 13.3. The molecule has 1 atom stereocenters. The van der Waals surface area contributed by atoms with E-state index >= 15 is 0 Å². The predicted octanol–water partition coefficient (Wildman–Crippen LogP) is 1.61. The number of nitriles is 1. The highest BCUT2D eigenvalue weighted by molar-refractivity contribution is 7.89. The lowest BCUT2D eigenvalue weighted by atomic mass is 10.3. The van der Waals surface area contributed by atoms with E-state index in [0.717, 1.165) is 35.6 Å². The highest BCUT2D eigenvalue weighted by atomic mass is 32.2. The van der Waals surface area contributed by atoms with E-state index in [2.05, 4.69) is 5.32 Å². The zero-order valence-corrected chi connectivity index (χ0v) is 15.6. The summed E-state index contributed by atoms with van der Waals surface area (Å²) in [6.45, 7) is 0.598. The SMILES string of the molecule is C[C@H](OC(=O)CNS(=O)(=O)c1ccc(F)cc1)C(=O)Nc1sccc1C#N. The maximum Gasteiger partial charge on any atom is 0.321 e. The van der Waals surface area contributed by atoms with Crippen molar-refractivity contribution in [3.05, 3.63) is 47.1 Å². The number of anilines is 1. The molecule has 11 heteroatoms. The fourth-order valence-electron chi connectivity index (χ4n) is 1.85. The quantitative estimate of drug-likeness (QED) is 0.667. The van der Waals surface area contributed by atoms with Gasteiger partial charge in [-0.15, -0.1) is 11.3 Å². The first-order valence-corrected chi connectivity index (χ1v) is 9.82. The van der Waals surface area contributed by atoms with Crippen molar-refractivity contribution in [2.24, 2.45) is 0 Å². The molecule has 0 saturated carbocycles. The third-order valence-corrected chi connectivity index (χ3v) is 5.48. The number of halogens is 1. The third kappa shape index (κ3) is 5.58. The minimum Gasteiger partial charge on any atom is -0.452 e. The number of nitrogens with one attached hydrogen (secondary N) is 2. The first-order chi connectivity index (χ1) is 12.7. The molecular weight excluding hydrogens is 397 g/mol. The number of hydrogen-bond donors (Lipinski definition) is 2. The molecule has 1 amide bonds. The minimum absolute atomic E-state index is 0.218. The number of esters is 1. The Hall–Kier alpha value is -2.81. The molecule has 0 spiro atoms. The van der Waals surface area contributed by atoms with Crippen molar-refractivity contribution in [2.45, 2.75) is 17.9 Å². The van der Waals surface area contributed by atoms with Gasteiger partial charge in [-0.1, -0.05) is 0 Å². The average Bonchev–Trinajstić information content (AvgIpc) is 3.07. The van der Waals surface area contributed by atoms with Crippen LogP contribution in [0.2, 0.25) is 0 Å². The Morgan fingerprint density at radius 2 is 1.96 bits per heavy atom. The van der Waals surface area contributed by atoms with Crippen molar-refractivity contribution in [2.75, 3.05) is 11.9 Å². The molecule has 142 valence electrons. The number of ether oxygens (including phenoxy) is 1. The highest BCUT2D eigenvalue weighted by Crippen LogP contribution is 2.22. The van der Waals surface area contributed by atoms with E-state index in [0.29, 0.717) is 5.00 Å². The molecule has 1 aromatic heterocycles. The third-order valence-electron chi connectivity index (χ3n) is 3.23. The van der Waals surface area contributed by atoms with Gasteiger partial charge in [0.15, 0.2) is 6.10 Å². The second-order valence-electron chi connectivity index (χ2n) is 5.18. The molecule has 27 heavy (non-hydrogen) atoms. The average molecular weight is 411 g/mol. The monoisotopic (exact) mass is 411 g/mol. The van der Waals surface area contributed by atoms with Gasteiger partial charge in [-0.3, -0.25) is 9.59 Å². The summed E-state index contributed by atoms with van der Waals surface area (Å²) in [7, 11) is -4.03. The van der Waals surface area contributed by atoms with Gasteiger partial charge in [-0.05, 0) is 42.6 Å². The molecule has 0 unspecified atom stereocenters. The molecule has 0 aliphatic rings. The van der Waals surface area contributed by atoms with Crippen LogP contribution in [0.25, 0.3) is 0 Å². The number of rotatable bonds is 7. The number of sulfonamides is 1. The molecule has 0 fully saturated rings. The topological polar surface area (TPSA) is 125 Å². The van der Waals surface area contributed by atoms with Crippen LogP contribution in [0.3, 0.4) is 0 Å². The van der Waals surface area contributed by atoms with E-state index in [1.54, 1.807) is 5.38 Å². The fourth-order valence-corrected chi connectivity index (χ4v) is 3.56. The van der Waals surface area contributed by atoms with Crippen LogP contribution >= 0.6 is 11.3 Å². The van der Waals surface area contributed by atoms with Crippen LogP contribution in [0, 0.1) is 17.1 Å². The van der Waals surface area contributed by atoms with Crippen LogP contribution < -0.4 is 10.0 Å². The second-order valence-corrected chi connectivity index (χ2v) is 7.86. The lowest BCUT2D eigenvalue weighted by molar-refractivity contribution is -0.151. The van der Waals surface area contributed by atoms with E-state index in [1.807, 2.05) is 10.8 Å². The Labute approximate surface area is 158 Å². The first kappa shape index (κ1) is 20.5. The number of carbonyl (C=O) groups excluding carboxylic acids is 2. The van der Waals surface area contributed by atoms with Gasteiger partial charge in [0.05, 0.1) is 10.5 Å². The van der Waals surface area contributed by atoms with Gasteiger partial charge in [0.25, 0.3) is 5.91 Å². The maximum absolute atomic E-state index is 12.8. The standard InChI is InChI=1S/C16H14FN3O5S2/c1-10(15(22)20-16-11(8-18)6-7-26-16)25-14(21)9-19-27(23,24)13-4-2-12(17)3-5-13/h2-7,10,19H,9H2,1H3,(H,20,22)/t10-/m0/s1. The van der Waals surface area contributed by atoms with E-state index in [1.165, 1.54) is 13.0 Å². The zero-order chi connectivity index (χ0) is 20.0. The van der Waals surface area contributed by atoms with E-state index in [-0.39, 0.29) is 10.5 Å². The second kappa shape index (κ2) is 8.72. The van der Waals surface area contributed by atoms with Crippen molar-refractivity contribution < 1.29 is 27.1 Å². The number of carbonyl (C=O) groups is 2. The lowest BCUT2D eigenvalue weighted by Gasteiger charge is -2.13. The van der Waals surface area contributed by atoms with Gasteiger partial charge >= 0.3 is 5.97 Å². The van der Waals surface area contributed by atoms with Gasteiger partial charge in [-0.2, -0.15) is 9.98 Å². The van der Waals surface area contributed by atoms with Crippen molar-refractivity contribution in [3.8, 4) is 6.07 Å². The highest BCUT2D eigenvalue weighted by Gasteiger charge is 2.21. The molecule has 0 radical (unpaired) electrons. The summed E-state index contributed by atoms with van der Waals surface area (Å²) >= 11 is 1.14. The first-order valence-electron chi connectivity index (χ1n) is 7.46. The summed E-state index contributed by atoms with van der Waals surface area (Å²) in [5.41, 5.74) is 0.277. The summed E-state index contributed by atoms with van der Waals surface area (Å²) in [6, 6.07) is 7.47. The molecule has 8 nitrogen and oxygen atoms in total. The summed E-state index contributed by atoms with van der Waals surface area (Å²) in [4.78, 5) is 23.6. The van der Waals surface area contributed by atoms with Gasteiger partial charge in [0.2, 0.25) is 10.0 Å². The molecule has 2 aromatic rings. The Morgan fingerprint density at radius 1 is 1.30 bits per heavy atom. The molecular formula is C16H14FN3O5S2. The Balaban J connectivity index is 1.88. The van der Waals surface area contributed by atoms with Crippen LogP contribution in [0.1, 0.15) is 12.5 Å². The Bertz CT molecular complexity index is 980. The van der Waals surface area contributed by atoms with Crippen LogP contribution in [0.5, 0.6) is 0 Å². The molecule has 0 bridgehead atoms. The maximum atomic E-state index is 12.8. The van der Waals surface area contributed by atoms with Crippen LogP contribution in [0.4, 0.5) is 9.39 Å². The molecule has 2 N–H and O–H groups in total. The minimum atomic E-state index is -4.03. The van der Waals surface area contributed by atoms with Crippen LogP contribution in [0.15, 0.2) is 40.6 Å². The normalized spacial score (nSPS) is 12.0. The lowest BCUT2D eigenvalue weighted by Crippen LogP contribution is -2.35. The van der Waals surface area contributed by atoms with Gasteiger partial charge < -0.3 is 10.1 Å². The Kier molecular flexibility index (Phi) is 6.62. The van der Waals surface area contributed by atoms with Crippen LogP contribution in [-0.4, -0.2) is 32.9 Å². The number of hydrogen-bond acceptors (Lipinski definition) is 7. The van der Waals surface area contributed by atoms with Gasteiger partial charge in [0, 0.05) is 0 Å². The predicted molar refractivity (Wildman–Crippen MR) is 94.8 cm³/mol. The number of nitrogens with zero attached hydrogens (tertiary/aromatic N) is 1.